The zero-order valence-corrected chi connectivity index (χ0v) is 14.6. The molecule has 22 heavy (non-hydrogen) atoms. The molecule has 0 bridgehead atoms. The molecule has 0 heterocycles. The van der Waals surface area contributed by atoms with Gasteiger partial charge in [-0.2, -0.15) is 0 Å². The summed E-state index contributed by atoms with van der Waals surface area (Å²) in [6.45, 7) is 1.77. The number of rotatable bonds is 3. The van der Waals surface area contributed by atoms with E-state index in [-0.39, 0.29) is 41.3 Å². The molecule has 3 nitrogen and oxygen atoms in total. The van der Waals surface area contributed by atoms with Crippen molar-refractivity contribution >= 4 is 41.5 Å². The average Bonchev–Trinajstić information content (AvgIpc) is 2.42. The molecule has 124 valence electrons. The number of benzene rings is 1. The van der Waals surface area contributed by atoms with Crippen LogP contribution in [0.3, 0.4) is 0 Å². The van der Waals surface area contributed by atoms with Crippen LogP contribution in [0.2, 0.25) is 10.0 Å². The van der Waals surface area contributed by atoms with Gasteiger partial charge in [-0.05, 0) is 43.9 Å². The number of carbonyl (C=O) groups excluding carboxylic acids is 1. The Morgan fingerprint density at radius 1 is 1.36 bits per heavy atom. The number of nitrogens with one attached hydrogen (secondary N) is 1. The highest BCUT2D eigenvalue weighted by Crippen LogP contribution is 2.29. The highest BCUT2D eigenvalue weighted by atomic mass is 35.5. The molecule has 0 aliphatic heterocycles. The van der Waals surface area contributed by atoms with E-state index in [0.717, 1.165) is 19.3 Å². The summed E-state index contributed by atoms with van der Waals surface area (Å²) in [5, 5.41) is 3.20. The molecule has 2 rings (SSSR count). The number of hydrogen-bond donors (Lipinski definition) is 2. The van der Waals surface area contributed by atoms with Gasteiger partial charge in [0, 0.05) is 17.0 Å². The van der Waals surface area contributed by atoms with E-state index in [1.165, 1.54) is 12.1 Å². The standard InChI is InChI=1S/C15H19Cl2FN2O.ClH/c1-8(11-6-14(18)13(17)7-12(11)16)20-15(21)9-3-2-4-10(19)5-9;/h6-10H,2-5,19H2,1H3,(H,20,21);1H. The largest absolute Gasteiger partial charge is 0.349 e. The predicted molar refractivity (Wildman–Crippen MR) is 90.2 cm³/mol. The van der Waals surface area contributed by atoms with Gasteiger partial charge in [0.25, 0.3) is 0 Å². The first-order chi connectivity index (χ1) is 9.88. The molecule has 1 aliphatic rings. The Morgan fingerprint density at radius 3 is 2.68 bits per heavy atom. The summed E-state index contributed by atoms with van der Waals surface area (Å²) in [5.41, 5.74) is 6.42. The Hall–Kier alpha value is -0.550. The quantitative estimate of drug-likeness (QED) is 0.783. The van der Waals surface area contributed by atoms with Crippen LogP contribution >= 0.6 is 35.6 Å². The Bertz CT molecular complexity index is 542. The molecule has 1 aliphatic carbocycles. The predicted octanol–water partition coefficient (Wildman–Crippen LogP) is 4.25. The summed E-state index contributed by atoms with van der Waals surface area (Å²) in [7, 11) is 0. The van der Waals surface area contributed by atoms with E-state index in [4.69, 9.17) is 28.9 Å². The van der Waals surface area contributed by atoms with Gasteiger partial charge in [0.05, 0.1) is 11.1 Å². The van der Waals surface area contributed by atoms with Crippen molar-refractivity contribution in [1.82, 2.24) is 5.32 Å². The van der Waals surface area contributed by atoms with E-state index < -0.39 is 5.82 Å². The van der Waals surface area contributed by atoms with Crippen LogP contribution in [-0.4, -0.2) is 11.9 Å². The monoisotopic (exact) mass is 368 g/mol. The van der Waals surface area contributed by atoms with Crippen molar-refractivity contribution in [2.24, 2.45) is 11.7 Å². The van der Waals surface area contributed by atoms with E-state index in [1.807, 2.05) is 0 Å². The third kappa shape index (κ3) is 4.72. The second-order valence-corrected chi connectivity index (χ2v) is 6.46. The molecule has 3 N–H and O–H groups in total. The van der Waals surface area contributed by atoms with E-state index >= 15 is 0 Å². The first-order valence-electron chi connectivity index (χ1n) is 7.09. The highest BCUT2D eigenvalue weighted by molar-refractivity contribution is 6.35. The van der Waals surface area contributed by atoms with Crippen LogP contribution in [0.4, 0.5) is 4.39 Å². The lowest BCUT2D eigenvalue weighted by atomic mass is 9.85. The summed E-state index contributed by atoms with van der Waals surface area (Å²) in [6.07, 6.45) is 3.47. The molecule has 0 spiro atoms. The average molecular weight is 370 g/mol. The number of nitrogens with two attached hydrogens (primary N) is 1. The maximum atomic E-state index is 13.5. The summed E-state index contributed by atoms with van der Waals surface area (Å²) >= 11 is 11.7. The van der Waals surface area contributed by atoms with Crippen molar-refractivity contribution in [2.75, 3.05) is 0 Å². The normalized spacial score (nSPS) is 22.6. The van der Waals surface area contributed by atoms with Crippen LogP contribution in [0.15, 0.2) is 12.1 Å². The van der Waals surface area contributed by atoms with Crippen LogP contribution in [0.1, 0.15) is 44.2 Å². The van der Waals surface area contributed by atoms with Crippen molar-refractivity contribution in [3.05, 3.63) is 33.6 Å². The van der Waals surface area contributed by atoms with Crippen LogP contribution in [0, 0.1) is 11.7 Å². The van der Waals surface area contributed by atoms with Crippen molar-refractivity contribution in [3.8, 4) is 0 Å². The number of hydrogen-bond acceptors (Lipinski definition) is 2. The molecule has 0 aromatic heterocycles. The Balaban J connectivity index is 0.00000242. The fourth-order valence-electron chi connectivity index (χ4n) is 2.74. The van der Waals surface area contributed by atoms with E-state index in [0.29, 0.717) is 17.0 Å². The molecule has 1 saturated carbocycles. The molecular formula is C15H20Cl3FN2O. The number of halogens is 4. The lowest BCUT2D eigenvalue weighted by Gasteiger charge is -2.27. The minimum Gasteiger partial charge on any atom is -0.349 e. The second kappa shape index (κ2) is 8.34. The molecule has 7 heteroatoms. The molecule has 1 aromatic carbocycles. The Morgan fingerprint density at radius 2 is 2.05 bits per heavy atom. The SMILES string of the molecule is CC(NC(=O)C1CCCC(N)C1)c1cc(F)c(Cl)cc1Cl.Cl. The molecule has 0 radical (unpaired) electrons. The molecule has 1 aromatic rings. The Kier molecular flexibility index (Phi) is 7.39. The van der Waals surface area contributed by atoms with Gasteiger partial charge in [0.1, 0.15) is 5.82 Å². The summed E-state index contributed by atoms with van der Waals surface area (Å²) in [6, 6.07) is 2.33. The second-order valence-electron chi connectivity index (χ2n) is 5.64. The molecule has 3 unspecified atom stereocenters. The molecule has 3 atom stereocenters. The van der Waals surface area contributed by atoms with Gasteiger partial charge in [0.15, 0.2) is 0 Å². The van der Waals surface area contributed by atoms with Gasteiger partial charge in [-0.1, -0.05) is 29.6 Å². The van der Waals surface area contributed by atoms with Crippen LogP contribution in [0.5, 0.6) is 0 Å². The van der Waals surface area contributed by atoms with Gasteiger partial charge in [-0.25, -0.2) is 4.39 Å². The first kappa shape index (κ1) is 19.5. The number of amides is 1. The maximum absolute atomic E-state index is 13.5. The molecule has 0 saturated heterocycles. The topological polar surface area (TPSA) is 55.1 Å². The van der Waals surface area contributed by atoms with Gasteiger partial charge in [-0.3, -0.25) is 4.79 Å². The first-order valence-corrected chi connectivity index (χ1v) is 7.84. The van der Waals surface area contributed by atoms with Crippen molar-refractivity contribution in [3.63, 3.8) is 0 Å². The Labute approximate surface area is 146 Å². The zero-order chi connectivity index (χ0) is 15.6. The van der Waals surface area contributed by atoms with Crippen molar-refractivity contribution in [1.29, 1.82) is 0 Å². The van der Waals surface area contributed by atoms with Gasteiger partial charge < -0.3 is 11.1 Å². The smallest absolute Gasteiger partial charge is 0.223 e. The fourth-order valence-corrected chi connectivity index (χ4v) is 3.29. The van der Waals surface area contributed by atoms with E-state index in [1.54, 1.807) is 6.92 Å². The van der Waals surface area contributed by atoms with E-state index in [9.17, 15) is 9.18 Å². The molecule has 1 amide bonds. The number of carbonyl (C=O) groups is 1. The van der Waals surface area contributed by atoms with Gasteiger partial charge in [-0.15, -0.1) is 12.4 Å². The van der Waals surface area contributed by atoms with Gasteiger partial charge in [0.2, 0.25) is 5.91 Å². The van der Waals surface area contributed by atoms with Crippen LogP contribution in [0.25, 0.3) is 0 Å². The van der Waals surface area contributed by atoms with Crippen molar-refractivity contribution < 1.29 is 9.18 Å². The van der Waals surface area contributed by atoms with Crippen LogP contribution < -0.4 is 11.1 Å². The third-order valence-electron chi connectivity index (χ3n) is 3.95. The zero-order valence-electron chi connectivity index (χ0n) is 12.2. The fraction of sp³-hybridized carbons (Fsp3) is 0.533. The highest BCUT2D eigenvalue weighted by Gasteiger charge is 2.26. The lowest BCUT2D eigenvalue weighted by molar-refractivity contribution is -0.126. The lowest BCUT2D eigenvalue weighted by Crippen LogP contribution is -2.38. The van der Waals surface area contributed by atoms with Crippen molar-refractivity contribution in [2.45, 2.75) is 44.7 Å². The van der Waals surface area contributed by atoms with Crippen LogP contribution in [-0.2, 0) is 4.79 Å². The molecular weight excluding hydrogens is 350 g/mol. The molecule has 1 fully saturated rings. The third-order valence-corrected chi connectivity index (χ3v) is 4.57. The minimum absolute atomic E-state index is 0. The van der Waals surface area contributed by atoms with Gasteiger partial charge >= 0.3 is 0 Å². The summed E-state index contributed by atoms with van der Waals surface area (Å²) < 4.78 is 13.5. The van der Waals surface area contributed by atoms with E-state index in [2.05, 4.69) is 5.32 Å². The minimum atomic E-state index is -0.545. The summed E-state index contributed by atoms with van der Waals surface area (Å²) in [4.78, 5) is 12.3. The maximum Gasteiger partial charge on any atom is 0.223 e. The summed E-state index contributed by atoms with van der Waals surface area (Å²) in [5.74, 6) is -0.673.